The van der Waals surface area contributed by atoms with Gasteiger partial charge in [-0.25, -0.2) is 14.8 Å². The molecule has 1 N–H and O–H groups in total. The molecular formula is C20H20BrN3O2. The molecule has 0 saturated carbocycles. The number of ether oxygens (including phenoxy) is 1. The second-order valence-corrected chi connectivity index (χ2v) is 7.29. The van der Waals surface area contributed by atoms with Gasteiger partial charge < -0.3 is 10.1 Å². The first-order valence-corrected chi connectivity index (χ1v) is 9.15. The van der Waals surface area contributed by atoms with Crippen LogP contribution in [0.2, 0.25) is 0 Å². The average Bonchev–Trinajstić information content (AvgIpc) is 2.56. The first-order valence-electron chi connectivity index (χ1n) is 8.35. The zero-order chi connectivity index (χ0) is 18.8. The first-order chi connectivity index (χ1) is 12.3. The molecule has 0 aliphatic heterocycles. The third-order valence-electron chi connectivity index (χ3n) is 3.82. The number of aryl methyl sites for hydroxylation is 2. The largest absolute Gasteiger partial charge is 0.459 e. The van der Waals surface area contributed by atoms with Gasteiger partial charge in [0.15, 0.2) is 5.65 Å². The van der Waals surface area contributed by atoms with Crippen molar-refractivity contribution in [1.82, 2.24) is 9.97 Å². The normalized spacial score (nSPS) is 11.0. The van der Waals surface area contributed by atoms with Crippen LogP contribution in [-0.2, 0) is 4.74 Å². The number of aromatic nitrogens is 2. The van der Waals surface area contributed by atoms with Crippen LogP contribution in [0.15, 0.2) is 41.0 Å². The quantitative estimate of drug-likeness (QED) is 0.586. The van der Waals surface area contributed by atoms with Gasteiger partial charge in [-0.2, -0.15) is 0 Å². The van der Waals surface area contributed by atoms with Crippen LogP contribution >= 0.6 is 15.9 Å². The number of rotatable bonds is 4. The maximum Gasteiger partial charge on any atom is 0.342 e. The maximum absolute atomic E-state index is 12.6. The van der Waals surface area contributed by atoms with Crippen molar-refractivity contribution in [3.8, 4) is 0 Å². The molecule has 0 spiro atoms. The predicted octanol–water partition coefficient (Wildman–Crippen LogP) is 5.32. The highest BCUT2D eigenvalue weighted by Gasteiger charge is 2.19. The predicted molar refractivity (Wildman–Crippen MR) is 107 cm³/mol. The van der Waals surface area contributed by atoms with Crippen LogP contribution in [0.3, 0.4) is 0 Å². The third kappa shape index (κ3) is 3.85. The molecule has 0 aliphatic carbocycles. The fraction of sp³-hybridized carbons (Fsp3) is 0.250. The number of hydrogen-bond donors (Lipinski definition) is 1. The van der Waals surface area contributed by atoms with Crippen molar-refractivity contribution in [2.75, 3.05) is 5.32 Å². The lowest BCUT2D eigenvalue weighted by molar-refractivity contribution is 0.0379. The van der Waals surface area contributed by atoms with Gasteiger partial charge in [-0.05, 0) is 73.5 Å². The summed E-state index contributed by atoms with van der Waals surface area (Å²) in [4.78, 5) is 21.4. The van der Waals surface area contributed by atoms with Crippen molar-refractivity contribution in [3.05, 3.63) is 57.8 Å². The zero-order valence-corrected chi connectivity index (χ0v) is 16.7. The van der Waals surface area contributed by atoms with Gasteiger partial charge >= 0.3 is 5.97 Å². The van der Waals surface area contributed by atoms with Crippen molar-refractivity contribution < 1.29 is 9.53 Å². The number of nitrogens with zero attached hydrogens (tertiary/aromatic N) is 2. The van der Waals surface area contributed by atoms with Gasteiger partial charge in [0, 0.05) is 21.7 Å². The molecule has 3 aromatic rings. The molecular weight excluding hydrogens is 394 g/mol. The summed E-state index contributed by atoms with van der Waals surface area (Å²) in [6.07, 6.45) is 1.30. The summed E-state index contributed by atoms with van der Waals surface area (Å²) in [5.74, 6) is -0.416. The standard InChI is InChI=1S/C20H20BrN3O2/c1-11(2)26-20(25)15-10-22-19-14(7-6-13(4)23-19)18(15)24-17-8-5-12(3)9-16(17)21/h5-11H,1-4H3,(H,22,23,24). The van der Waals surface area contributed by atoms with Crippen molar-refractivity contribution in [3.63, 3.8) is 0 Å². The summed E-state index contributed by atoms with van der Waals surface area (Å²) in [6.45, 7) is 7.57. The fourth-order valence-electron chi connectivity index (χ4n) is 2.60. The summed E-state index contributed by atoms with van der Waals surface area (Å²) in [6, 6.07) is 9.80. The summed E-state index contributed by atoms with van der Waals surface area (Å²) in [5, 5.41) is 4.12. The lowest BCUT2D eigenvalue weighted by Gasteiger charge is -2.16. The van der Waals surface area contributed by atoms with Crippen LogP contribution in [0, 0.1) is 13.8 Å². The van der Waals surface area contributed by atoms with Gasteiger partial charge in [0.05, 0.1) is 17.5 Å². The van der Waals surface area contributed by atoms with E-state index in [-0.39, 0.29) is 6.10 Å². The summed E-state index contributed by atoms with van der Waals surface area (Å²) in [7, 11) is 0. The molecule has 3 rings (SSSR count). The van der Waals surface area contributed by atoms with E-state index < -0.39 is 5.97 Å². The molecule has 134 valence electrons. The van der Waals surface area contributed by atoms with Crippen LogP contribution < -0.4 is 5.32 Å². The number of esters is 1. The van der Waals surface area contributed by atoms with E-state index in [1.54, 1.807) is 0 Å². The Balaban J connectivity index is 2.16. The Hall–Kier alpha value is -2.47. The zero-order valence-electron chi connectivity index (χ0n) is 15.1. The molecule has 0 bridgehead atoms. The molecule has 1 aromatic carbocycles. The Morgan fingerprint density at radius 1 is 1.19 bits per heavy atom. The number of carbonyl (C=O) groups is 1. The molecule has 0 amide bonds. The van der Waals surface area contributed by atoms with Gasteiger partial charge in [0.1, 0.15) is 5.56 Å². The molecule has 0 aliphatic rings. The Kier molecular flexibility index (Phi) is 5.23. The van der Waals surface area contributed by atoms with Crippen molar-refractivity contribution in [2.24, 2.45) is 0 Å². The van der Waals surface area contributed by atoms with E-state index in [4.69, 9.17) is 4.74 Å². The van der Waals surface area contributed by atoms with Crippen molar-refractivity contribution in [1.29, 1.82) is 0 Å². The molecule has 26 heavy (non-hydrogen) atoms. The van der Waals surface area contributed by atoms with Crippen LogP contribution in [0.25, 0.3) is 11.0 Å². The molecule has 0 radical (unpaired) electrons. The molecule has 5 nitrogen and oxygen atoms in total. The number of anilines is 2. The molecule has 0 unspecified atom stereocenters. The molecule has 6 heteroatoms. The molecule has 0 saturated heterocycles. The van der Waals surface area contributed by atoms with Crippen molar-refractivity contribution in [2.45, 2.75) is 33.8 Å². The highest BCUT2D eigenvalue weighted by Crippen LogP contribution is 2.33. The SMILES string of the molecule is Cc1ccc(Nc2c(C(=O)OC(C)C)cnc3nc(C)ccc23)c(Br)c1. The van der Waals surface area contributed by atoms with Gasteiger partial charge in [0.2, 0.25) is 0 Å². The smallest absolute Gasteiger partial charge is 0.342 e. The van der Waals surface area contributed by atoms with Gasteiger partial charge in [-0.3, -0.25) is 0 Å². The Labute approximate surface area is 160 Å². The van der Waals surface area contributed by atoms with Gasteiger partial charge in [0.25, 0.3) is 0 Å². The second-order valence-electron chi connectivity index (χ2n) is 6.43. The average molecular weight is 414 g/mol. The van der Waals surface area contributed by atoms with E-state index in [0.29, 0.717) is 16.9 Å². The van der Waals surface area contributed by atoms with Crippen LogP contribution in [0.5, 0.6) is 0 Å². The molecule has 0 atom stereocenters. The first kappa shape index (κ1) is 18.3. The number of nitrogens with one attached hydrogen (secondary N) is 1. The van der Waals surface area contributed by atoms with E-state index in [1.807, 2.05) is 58.0 Å². The van der Waals surface area contributed by atoms with E-state index in [0.717, 1.165) is 26.8 Å². The summed E-state index contributed by atoms with van der Waals surface area (Å²) >= 11 is 3.57. The van der Waals surface area contributed by atoms with Crippen LogP contribution in [0.4, 0.5) is 11.4 Å². The molecule has 2 heterocycles. The summed E-state index contributed by atoms with van der Waals surface area (Å²) in [5.41, 5.74) is 4.45. The highest BCUT2D eigenvalue weighted by molar-refractivity contribution is 9.10. The van der Waals surface area contributed by atoms with Crippen LogP contribution in [-0.4, -0.2) is 22.0 Å². The molecule has 0 fully saturated rings. The number of fused-ring (bicyclic) bond motifs is 1. The minimum Gasteiger partial charge on any atom is -0.459 e. The summed E-state index contributed by atoms with van der Waals surface area (Å²) < 4.78 is 6.29. The third-order valence-corrected chi connectivity index (χ3v) is 4.47. The number of carbonyl (C=O) groups excluding carboxylic acids is 1. The van der Waals surface area contributed by atoms with Gasteiger partial charge in [-0.15, -0.1) is 0 Å². The van der Waals surface area contributed by atoms with E-state index >= 15 is 0 Å². The minimum absolute atomic E-state index is 0.215. The van der Waals surface area contributed by atoms with Gasteiger partial charge in [-0.1, -0.05) is 6.07 Å². The minimum atomic E-state index is -0.416. The van der Waals surface area contributed by atoms with Crippen LogP contribution in [0.1, 0.15) is 35.5 Å². The topological polar surface area (TPSA) is 64.1 Å². The Morgan fingerprint density at radius 2 is 1.96 bits per heavy atom. The Bertz CT molecular complexity index is 986. The van der Waals surface area contributed by atoms with Crippen molar-refractivity contribution >= 4 is 44.3 Å². The highest BCUT2D eigenvalue weighted by atomic mass is 79.9. The maximum atomic E-state index is 12.6. The van der Waals surface area contributed by atoms with E-state index in [9.17, 15) is 4.79 Å². The number of halogens is 1. The lowest BCUT2D eigenvalue weighted by atomic mass is 10.1. The Morgan fingerprint density at radius 3 is 2.65 bits per heavy atom. The number of pyridine rings is 2. The van der Waals surface area contributed by atoms with E-state index in [2.05, 4.69) is 31.2 Å². The fourth-order valence-corrected chi connectivity index (χ4v) is 3.19. The lowest BCUT2D eigenvalue weighted by Crippen LogP contribution is -2.14. The molecule has 2 aromatic heterocycles. The monoisotopic (exact) mass is 413 g/mol. The number of hydrogen-bond acceptors (Lipinski definition) is 5. The van der Waals surface area contributed by atoms with E-state index in [1.165, 1.54) is 6.20 Å². The second kappa shape index (κ2) is 7.41. The number of benzene rings is 1.